The minimum Gasteiger partial charge on any atom is -0.338 e. The van der Waals surface area contributed by atoms with Gasteiger partial charge in [-0.05, 0) is 49.9 Å². The molecule has 0 saturated heterocycles. The van der Waals surface area contributed by atoms with Crippen LogP contribution in [0.3, 0.4) is 0 Å². The molecule has 2 aromatic rings. The quantitative estimate of drug-likeness (QED) is 0.670. The lowest BCUT2D eigenvalue weighted by Gasteiger charge is -2.38. The first-order valence-corrected chi connectivity index (χ1v) is 8.35. The topological polar surface area (TPSA) is 3.24 Å². The number of anilines is 2. The van der Waals surface area contributed by atoms with Crippen LogP contribution in [0.4, 0.5) is 11.4 Å². The summed E-state index contributed by atoms with van der Waals surface area (Å²) in [5.41, 5.74) is 6.87. The first-order chi connectivity index (χ1) is 9.70. The Balaban J connectivity index is 2.14. The molecule has 1 aliphatic rings. The van der Waals surface area contributed by atoms with Crippen molar-refractivity contribution in [2.75, 3.05) is 4.90 Å². The third-order valence-corrected chi connectivity index (χ3v) is 4.77. The molecular weight excluding hydrogens is 310 g/mol. The zero-order valence-electron chi connectivity index (χ0n) is 12.1. The number of hydrogen-bond donors (Lipinski definition) is 0. The number of benzene rings is 2. The predicted molar refractivity (Wildman–Crippen MR) is 90.2 cm³/mol. The summed E-state index contributed by atoms with van der Waals surface area (Å²) in [5.74, 6) is 0. The highest BCUT2D eigenvalue weighted by atomic mass is 79.9. The molecule has 1 aliphatic heterocycles. The second-order valence-corrected chi connectivity index (χ2v) is 6.21. The molecule has 1 heterocycles. The van der Waals surface area contributed by atoms with E-state index < -0.39 is 0 Å². The first-order valence-electron chi connectivity index (χ1n) is 7.23. The molecule has 0 fully saturated rings. The number of alkyl halides is 1. The summed E-state index contributed by atoms with van der Waals surface area (Å²) >= 11 is 3.64. The Bertz CT molecular complexity index is 621. The monoisotopic (exact) mass is 329 g/mol. The molecule has 104 valence electrons. The minimum absolute atomic E-state index is 0.547. The maximum Gasteiger partial charge on any atom is 0.0454 e. The molecule has 0 bridgehead atoms. The van der Waals surface area contributed by atoms with Gasteiger partial charge in [-0.1, -0.05) is 51.8 Å². The average Bonchev–Trinajstić information content (AvgIpc) is 2.48. The number of halogens is 1. The van der Waals surface area contributed by atoms with Gasteiger partial charge in [-0.15, -0.1) is 0 Å². The number of rotatable bonds is 2. The molecule has 20 heavy (non-hydrogen) atoms. The average molecular weight is 330 g/mol. The Morgan fingerprint density at radius 3 is 2.75 bits per heavy atom. The molecule has 1 atom stereocenters. The second-order valence-electron chi connectivity index (χ2n) is 5.65. The smallest absolute Gasteiger partial charge is 0.0454 e. The summed E-state index contributed by atoms with van der Waals surface area (Å²) in [6.07, 6.45) is 2.40. The Morgan fingerprint density at radius 2 is 1.95 bits per heavy atom. The van der Waals surface area contributed by atoms with Gasteiger partial charge < -0.3 is 4.90 Å². The largest absolute Gasteiger partial charge is 0.338 e. The van der Waals surface area contributed by atoms with E-state index in [1.807, 2.05) is 0 Å². The third-order valence-electron chi connectivity index (χ3n) is 4.16. The van der Waals surface area contributed by atoms with Crippen LogP contribution in [0.1, 0.15) is 30.0 Å². The molecular formula is C18H20BrN. The van der Waals surface area contributed by atoms with Gasteiger partial charge in [0.2, 0.25) is 0 Å². The standard InChI is InChI=1S/C18H20BrN/c1-13-7-10-18(16(11-13)12-19)20-14(2)8-9-15-5-3-4-6-17(15)20/h3-7,10-11,14H,8-9,12H2,1-2H3. The number of fused-ring (bicyclic) bond motifs is 1. The van der Waals surface area contributed by atoms with Crippen LogP contribution >= 0.6 is 15.9 Å². The molecule has 0 amide bonds. The predicted octanol–water partition coefficient (Wildman–Crippen LogP) is 5.36. The van der Waals surface area contributed by atoms with E-state index in [1.165, 1.54) is 40.9 Å². The number of nitrogens with zero attached hydrogens (tertiary/aromatic N) is 1. The molecule has 1 nitrogen and oxygen atoms in total. The van der Waals surface area contributed by atoms with Crippen molar-refractivity contribution in [2.45, 2.75) is 38.1 Å². The molecule has 1 unspecified atom stereocenters. The Labute approximate surface area is 129 Å². The summed E-state index contributed by atoms with van der Waals surface area (Å²) in [6.45, 7) is 4.48. The van der Waals surface area contributed by atoms with Gasteiger partial charge in [-0.2, -0.15) is 0 Å². The van der Waals surface area contributed by atoms with Gasteiger partial charge in [-0.25, -0.2) is 0 Å². The van der Waals surface area contributed by atoms with Crippen LogP contribution in [-0.4, -0.2) is 6.04 Å². The molecule has 2 heteroatoms. The SMILES string of the molecule is Cc1ccc(N2c3ccccc3CCC2C)c(CBr)c1. The van der Waals surface area contributed by atoms with Gasteiger partial charge in [0, 0.05) is 22.7 Å². The highest BCUT2D eigenvalue weighted by Gasteiger charge is 2.25. The Hall–Kier alpha value is -1.28. The fourth-order valence-electron chi connectivity index (χ4n) is 3.11. The van der Waals surface area contributed by atoms with E-state index in [0.29, 0.717) is 6.04 Å². The van der Waals surface area contributed by atoms with Gasteiger partial charge in [0.05, 0.1) is 0 Å². The van der Waals surface area contributed by atoms with Crippen molar-refractivity contribution in [1.29, 1.82) is 0 Å². The van der Waals surface area contributed by atoms with Crippen LogP contribution in [0.25, 0.3) is 0 Å². The zero-order chi connectivity index (χ0) is 14.1. The van der Waals surface area contributed by atoms with Gasteiger partial charge in [0.15, 0.2) is 0 Å². The van der Waals surface area contributed by atoms with E-state index in [1.54, 1.807) is 0 Å². The lowest BCUT2D eigenvalue weighted by Crippen LogP contribution is -2.33. The molecule has 0 N–H and O–H groups in total. The maximum atomic E-state index is 3.64. The molecule has 0 saturated carbocycles. The van der Waals surface area contributed by atoms with Gasteiger partial charge in [0.1, 0.15) is 0 Å². The molecule has 3 rings (SSSR count). The summed E-state index contributed by atoms with van der Waals surface area (Å²) in [4.78, 5) is 2.51. The number of hydrogen-bond acceptors (Lipinski definition) is 1. The van der Waals surface area contributed by atoms with Crippen LogP contribution < -0.4 is 4.90 Å². The third kappa shape index (κ3) is 2.37. The highest BCUT2D eigenvalue weighted by Crippen LogP contribution is 2.39. The van der Waals surface area contributed by atoms with E-state index in [9.17, 15) is 0 Å². The van der Waals surface area contributed by atoms with Gasteiger partial charge in [-0.3, -0.25) is 0 Å². The van der Waals surface area contributed by atoms with Crippen molar-refractivity contribution < 1.29 is 0 Å². The summed E-state index contributed by atoms with van der Waals surface area (Å²) in [7, 11) is 0. The summed E-state index contributed by atoms with van der Waals surface area (Å²) < 4.78 is 0. The van der Waals surface area contributed by atoms with Crippen LogP contribution in [0.5, 0.6) is 0 Å². The van der Waals surface area contributed by atoms with Crippen molar-refractivity contribution in [2.24, 2.45) is 0 Å². The molecule has 0 spiro atoms. The molecule has 2 aromatic carbocycles. The fourth-order valence-corrected chi connectivity index (χ4v) is 3.56. The fraction of sp³-hybridized carbons (Fsp3) is 0.333. The van der Waals surface area contributed by atoms with E-state index in [2.05, 4.69) is 77.1 Å². The van der Waals surface area contributed by atoms with E-state index >= 15 is 0 Å². The number of aryl methyl sites for hydroxylation is 2. The Kier molecular flexibility index (Phi) is 3.84. The maximum absolute atomic E-state index is 3.64. The highest BCUT2D eigenvalue weighted by molar-refractivity contribution is 9.08. The summed E-state index contributed by atoms with van der Waals surface area (Å²) in [6, 6.07) is 16.1. The van der Waals surface area contributed by atoms with Crippen molar-refractivity contribution in [3.63, 3.8) is 0 Å². The molecule has 0 aromatic heterocycles. The minimum atomic E-state index is 0.547. The molecule has 0 aliphatic carbocycles. The lowest BCUT2D eigenvalue weighted by atomic mass is 9.95. The first kappa shape index (κ1) is 13.7. The second kappa shape index (κ2) is 5.61. The van der Waals surface area contributed by atoms with Crippen LogP contribution in [0.15, 0.2) is 42.5 Å². The summed E-state index contributed by atoms with van der Waals surface area (Å²) in [5, 5.41) is 0.898. The number of para-hydroxylation sites is 1. The molecule has 0 radical (unpaired) electrons. The van der Waals surface area contributed by atoms with Crippen molar-refractivity contribution in [1.82, 2.24) is 0 Å². The van der Waals surface area contributed by atoms with Gasteiger partial charge >= 0.3 is 0 Å². The normalized spacial score (nSPS) is 17.9. The van der Waals surface area contributed by atoms with Crippen LogP contribution in [0.2, 0.25) is 0 Å². The van der Waals surface area contributed by atoms with E-state index in [0.717, 1.165) is 5.33 Å². The van der Waals surface area contributed by atoms with E-state index in [4.69, 9.17) is 0 Å². The van der Waals surface area contributed by atoms with Crippen molar-refractivity contribution in [3.8, 4) is 0 Å². The Morgan fingerprint density at radius 1 is 1.15 bits per heavy atom. The van der Waals surface area contributed by atoms with E-state index in [-0.39, 0.29) is 0 Å². The zero-order valence-corrected chi connectivity index (χ0v) is 13.7. The van der Waals surface area contributed by atoms with Crippen LogP contribution in [0, 0.1) is 6.92 Å². The van der Waals surface area contributed by atoms with Gasteiger partial charge in [0.25, 0.3) is 0 Å². The van der Waals surface area contributed by atoms with Crippen LogP contribution in [-0.2, 0) is 11.8 Å². The van der Waals surface area contributed by atoms with Crippen molar-refractivity contribution >= 4 is 27.3 Å². The van der Waals surface area contributed by atoms with Crippen molar-refractivity contribution in [3.05, 3.63) is 59.2 Å². The lowest BCUT2D eigenvalue weighted by molar-refractivity contribution is 0.617.